The molecule has 0 amide bonds. The summed E-state index contributed by atoms with van der Waals surface area (Å²) in [5.74, 6) is 0.130. The number of rotatable bonds is 6. The van der Waals surface area contributed by atoms with Gasteiger partial charge in [0.2, 0.25) is 0 Å². The molecule has 4 nitrogen and oxygen atoms in total. The number of halogens is 1. The summed E-state index contributed by atoms with van der Waals surface area (Å²) in [4.78, 5) is 0. The molecule has 5 heteroatoms. The fourth-order valence-corrected chi connectivity index (χ4v) is 2.21. The molecule has 4 N–H and O–H groups in total. The van der Waals surface area contributed by atoms with Gasteiger partial charge in [-0.1, -0.05) is 53.2 Å². The Morgan fingerprint density at radius 3 is 2.57 bits per heavy atom. The Kier molecular flexibility index (Phi) is 5.60. The fraction of sp³-hybridized carbons (Fsp3) is 0.188. The summed E-state index contributed by atoms with van der Waals surface area (Å²) in [5, 5.41) is 16.0. The Morgan fingerprint density at radius 2 is 1.86 bits per heavy atom. The van der Waals surface area contributed by atoms with Crippen LogP contribution in [0.2, 0.25) is 5.02 Å². The van der Waals surface area contributed by atoms with Gasteiger partial charge >= 0.3 is 0 Å². The smallest absolute Gasteiger partial charge is 0.170 e. The predicted molar refractivity (Wildman–Crippen MR) is 85.8 cm³/mol. The van der Waals surface area contributed by atoms with Gasteiger partial charge in [0.05, 0.1) is 0 Å². The van der Waals surface area contributed by atoms with E-state index >= 15 is 0 Å². The Morgan fingerprint density at radius 1 is 1.14 bits per heavy atom. The SMILES string of the molecule is NC(=NO)c1ccccc1CNCCc1ccc(Cl)cc1. The Bertz CT molecular complexity index is 611. The summed E-state index contributed by atoms with van der Waals surface area (Å²) in [6, 6.07) is 15.4. The zero-order valence-corrected chi connectivity index (χ0v) is 12.3. The van der Waals surface area contributed by atoms with Crippen LogP contribution >= 0.6 is 11.6 Å². The third kappa shape index (κ3) is 4.48. The molecule has 0 heterocycles. The highest BCUT2D eigenvalue weighted by Gasteiger charge is 2.05. The van der Waals surface area contributed by atoms with E-state index in [0.717, 1.165) is 29.1 Å². The van der Waals surface area contributed by atoms with Gasteiger partial charge in [0.25, 0.3) is 0 Å². The number of amidine groups is 1. The van der Waals surface area contributed by atoms with Crippen molar-refractivity contribution in [3.05, 3.63) is 70.2 Å². The molecule has 0 bridgehead atoms. The van der Waals surface area contributed by atoms with E-state index in [0.29, 0.717) is 6.54 Å². The minimum absolute atomic E-state index is 0.130. The third-order valence-electron chi connectivity index (χ3n) is 3.22. The lowest BCUT2D eigenvalue weighted by molar-refractivity contribution is 0.318. The van der Waals surface area contributed by atoms with Gasteiger partial charge in [-0.25, -0.2) is 0 Å². The first-order chi connectivity index (χ1) is 10.2. The summed E-state index contributed by atoms with van der Waals surface area (Å²) in [5.41, 5.74) is 8.65. The molecule has 0 aromatic heterocycles. The first-order valence-corrected chi connectivity index (χ1v) is 7.09. The van der Waals surface area contributed by atoms with Crippen molar-refractivity contribution in [2.24, 2.45) is 10.9 Å². The number of benzene rings is 2. The Hall–Kier alpha value is -2.04. The molecule has 110 valence electrons. The van der Waals surface area contributed by atoms with Crippen molar-refractivity contribution in [2.75, 3.05) is 6.54 Å². The number of oxime groups is 1. The molecule has 2 rings (SSSR count). The van der Waals surface area contributed by atoms with Crippen LogP contribution in [0.5, 0.6) is 0 Å². The number of nitrogens with two attached hydrogens (primary N) is 1. The van der Waals surface area contributed by atoms with Crippen molar-refractivity contribution >= 4 is 17.4 Å². The first-order valence-electron chi connectivity index (χ1n) is 6.71. The molecule has 0 spiro atoms. The molecule has 0 unspecified atom stereocenters. The zero-order valence-electron chi connectivity index (χ0n) is 11.6. The second-order valence-corrected chi connectivity index (χ2v) is 5.13. The maximum absolute atomic E-state index is 8.79. The quantitative estimate of drug-likeness (QED) is 0.253. The molecule has 0 fully saturated rings. The lowest BCUT2D eigenvalue weighted by atomic mass is 10.1. The maximum Gasteiger partial charge on any atom is 0.170 e. The van der Waals surface area contributed by atoms with Gasteiger partial charge in [0, 0.05) is 17.1 Å². The van der Waals surface area contributed by atoms with Crippen molar-refractivity contribution in [1.29, 1.82) is 0 Å². The molecule has 0 saturated heterocycles. The van der Waals surface area contributed by atoms with Crippen LogP contribution in [0.15, 0.2) is 53.7 Å². The van der Waals surface area contributed by atoms with E-state index < -0.39 is 0 Å². The van der Waals surface area contributed by atoms with Gasteiger partial charge in [-0.2, -0.15) is 0 Å². The molecule has 0 radical (unpaired) electrons. The first kappa shape index (κ1) is 15.4. The molecular formula is C16H18ClN3O. The van der Waals surface area contributed by atoms with Crippen molar-refractivity contribution in [3.63, 3.8) is 0 Å². The van der Waals surface area contributed by atoms with Crippen LogP contribution in [-0.2, 0) is 13.0 Å². The Balaban J connectivity index is 1.88. The molecule has 0 saturated carbocycles. The summed E-state index contributed by atoms with van der Waals surface area (Å²) in [6.45, 7) is 1.51. The maximum atomic E-state index is 8.79. The average Bonchev–Trinajstić information content (AvgIpc) is 2.53. The van der Waals surface area contributed by atoms with E-state index in [4.69, 9.17) is 22.5 Å². The highest BCUT2D eigenvalue weighted by atomic mass is 35.5. The molecule has 0 aliphatic heterocycles. The van der Waals surface area contributed by atoms with E-state index in [1.807, 2.05) is 48.5 Å². The normalized spacial score (nSPS) is 11.6. The molecule has 2 aromatic rings. The molecule has 0 atom stereocenters. The summed E-state index contributed by atoms with van der Waals surface area (Å²) < 4.78 is 0. The Labute approximate surface area is 129 Å². The van der Waals surface area contributed by atoms with Crippen LogP contribution in [0.4, 0.5) is 0 Å². The van der Waals surface area contributed by atoms with Gasteiger partial charge < -0.3 is 16.3 Å². The lowest BCUT2D eigenvalue weighted by Gasteiger charge is -2.09. The van der Waals surface area contributed by atoms with E-state index in [9.17, 15) is 0 Å². The molecule has 0 aliphatic rings. The predicted octanol–water partition coefficient (Wildman–Crippen LogP) is 2.77. The van der Waals surface area contributed by atoms with Gasteiger partial charge in [-0.3, -0.25) is 0 Å². The van der Waals surface area contributed by atoms with E-state index in [2.05, 4.69) is 10.5 Å². The van der Waals surface area contributed by atoms with E-state index in [1.165, 1.54) is 5.56 Å². The summed E-state index contributed by atoms with van der Waals surface area (Å²) in [7, 11) is 0. The highest BCUT2D eigenvalue weighted by Crippen LogP contribution is 2.10. The summed E-state index contributed by atoms with van der Waals surface area (Å²) >= 11 is 5.85. The van der Waals surface area contributed by atoms with Crippen molar-refractivity contribution in [1.82, 2.24) is 5.32 Å². The average molecular weight is 304 g/mol. The van der Waals surface area contributed by atoms with Gasteiger partial charge in [-0.05, 0) is 36.2 Å². The topological polar surface area (TPSA) is 70.6 Å². The number of hydrogen-bond acceptors (Lipinski definition) is 3. The van der Waals surface area contributed by atoms with E-state index in [-0.39, 0.29) is 5.84 Å². The lowest BCUT2D eigenvalue weighted by Crippen LogP contribution is -2.21. The second-order valence-electron chi connectivity index (χ2n) is 4.70. The van der Waals surface area contributed by atoms with Crippen LogP contribution in [0.1, 0.15) is 16.7 Å². The summed E-state index contributed by atoms with van der Waals surface area (Å²) in [6.07, 6.45) is 0.920. The fourth-order valence-electron chi connectivity index (χ4n) is 2.09. The van der Waals surface area contributed by atoms with Gasteiger partial charge in [0.1, 0.15) is 0 Å². The van der Waals surface area contributed by atoms with E-state index in [1.54, 1.807) is 0 Å². The van der Waals surface area contributed by atoms with Crippen LogP contribution < -0.4 is 11.1 Å². The second kappa shape index (κ2) is 7.67. The standard InChI is InChI=1S/C16H18ClN3O/c17-14-7-5-12(6-8-14)9-10-19-11-13-3-1-2-4-15(13)16(18)20-21/h1-8,19,21H,9-11H2,(H2,18,20). The minimum atomic E-state index is 0.130. The van der Waals surface area contributed by atoms with Crippen molar-refractivity contribution in [2.45, 2.75) is 13.0 Å². The molecular weight excluding hydrogens is 286 g/mol. The van der Waals surface area contributed by atoms with Crippen LogP contribution in [-0.4, -0.2) is 17.6 Å². The van der Waals surface area contributed by atoms with Gasteiger partial charge in [-0.15, -0.1) is 0 Å². The van der Waals surface area contributed by atoms with Crippen molar-refractivity contribution < 1.29 is 5.21 Å². The van der Waals surface area contributed by atoms with Crippen LogP contribution in [0, 0.1) is 0 Å². The number of nitrogens with zero attached hydrogens (tertiary/aromatic N) is 1. The minimum Gasteiger partial charge on any atom is -0.409 e. The van der Waals surface area contributed by atoms with Crippen molar-refractivity contribution in [3.8, 4) is 0 Å². The third-order valence-corrected chi connectivity index (χ3v) is 3.47. The van der Waals surface area contributed by atoms with Crippen LogP contribution in [0.25, 0.3) is 0 Å². The molecule has 2 aromatic carbocycles. The van der Waals surface area contributed by atoms with Gasteiger partial charge in [0.15, 0.2) is 5.84 Å². The number of nitrogens with one attached hydrogen (secondary N) is 1. The highest BCUT2D eigenvalue weighted by molar-refractivity contribution is 6.30. The van der Waals surface area contributed by atoms with Crippen LogP contribution in [0.3, 0.4) is 0 Å². The molecule has 0 aliphatic carbocycles. The zero-order chi connectivity index (χ0) is 15.1. The number of hydrogen-bond donors (Lipinski definition) is 3. The largest absolute Gasteiger partial charge is 0.409 e. The molecule has 21 heavy (non-hydrogen) atoms. The monoisotopic (exact) mass is 303 g/mol.